The van der Waals surface area contributed by atoms with Crippen LogP contribution in [-0.4, -0.2) is 0 Å². The van der Waals surface area contributed by atoms with Gasteiger partial charge in [-0.05, 0) is 48.7 Å². The van der Waals surface area contributed by atoms with E-state index < -0.39 is 6.04 Å². The molecule has 1 N–H and O–H groups in total. The van der Waals surface area contributed by atoms with Gasteiger partial charge in [-0.1, -0.05) is 24.3 Å². The minimum Gasteiger partial charge on any atom is -0.366 e. The van der Waals surface area contributed by atoms with E-state index in [0.717, 1.165) is 22.4 Å². The molecule has 19 heavy (non-hydrogen) atoms. The third kappa shape index (κ3) is 2.92. The molecule has 0 radical (unpaired) electrons. The molecule has 2 nitrogen and oxygen atoms in total. The Labute approximate surface area is 112 Å². The molecule has 96 valence electrons. The van der Waals surface area contributed by atoms with Gasteiger partial charge >= 0.3 is 0 Å². The maximum Gasteiger partial charge on any atom is 0.140 e. The van der Waals surface area contributed by atoms with Crippen molar-refractivity contribution in [2.75, 3.05) is 5.32 Å². The molecule has 1 unspecified atom stereocenters. The summed E-state index contributed by atoms with van der Waals surface area (Å²) in [5, 5.41) is 12.5. The van der Waals surface area contributed by atoms with Crippen LogP contribution < -0.4 is 5.32 Å². The maximum absolute atomic E-state index is 13.1. The highest BCUT2D eigenvalue weighted by Crippen LogP contribution is 2.24. The van der Waals surface area contributed by atoms with Gasteiger partial charge < -0.3 is 5.32 Å². The zero-order chi connectivity index (χ0) is 13.8. The van der Waals surface area contributed by atoms with Crippen molar-refractivity contribution in [3.8, 4) is 6.07 Å². The lowest BCUT2D eigenvalue weighted by Crippen LogP contribution is -2.11. The monoisotopic (exact) mass is 254 g/mol. The summed E-state index contributed by atoms with van der Waals surface area (Å²) in [4.78, 5) is 0. The second-order valence-corrected chi connectivity index (χ2v) is 4.52. The van der Waals surface area contributed by atoms with Crippen LogP contribution in [0, 0.1) is 31.0 Å². The van der Waals surface area contributed by atoms with Crippen molar-refractivity contribution >= 4 is 5.69 Å². The van der Waals surface area contributed by atoms with Gasteiger partial charge in [-0.25, -0.2) is 4.39 Å². The Hall–Kier alpha value is -2.34. The molecule has 0 saturated heterocycles. The van der Waals surface area contributed by atoms with Crippen LogP contribution in [0.3, 0.4) is 0 Å². The molecule has 1 atom stereocenters. The average molecular weight is 254 g/mol. The molecule has 2 aromatic rings. The molecule has 0 heterocycles. The number of benzene rings is 2. The molecule has 0 fully saturated rings. The van der Waals surface area contributed by atoms with E-state index in [2.05, 4.69) is 11.4 Å². The number of nitrogens with one attached hydrogen (secondary N) is 1. The summed E-state index contributed by atoms with van der Waals surface area (Å²) in [6.07, 6.45) is 0. The van der Waals surface area contributed by atoms with Crippen molar-refractivity contribution in [1.82, 2.24) is 0 Å². The summed E-state index contributed by atoms with van der Waals surface area (Å²) < 4.78 is 13.1. The predicted octanol–water partition coefficient (Wildman–Crippen LogP) is 4.12. The van der Waals surface area contributed by atoms with Gasteiger partial charge in [-0.15, -0.1) is 0 Å². The van der Waals surface area contributed by atoms with Gasteiger partial charge in [0, 0.05) is 5.69 Å². The predicted molar refractivity (Wildman–Crippen MR) is 74.3 cm³/mol. The molecule has 0 bridgehead atoms. The third-order valence-corrected chi connectivity index (χ3v) is 3.12. The lowest BCUT2D eigenvalue weighted by atomic mass is 10.0. The van der Waals surface area contributed by atoms with Crippen molar-refractivity contribution in [3.63, 3.8) is 0 Å². The Bertz CT molecular complexity index is 629. The molecular weight excluding hydrogens is 239 g/mol. The minimum atomic E-state index is -0.485. The highest BCUT2D eigenvalue weighted by Gasteiger charge is 2.14. The zero-order valence-corrected chi connectivity index (χ0v) is 10.9. The Kier molecular flexibility index (Phi) is 3.82. The largest absolute Gasteiger partial charge is 0.366 e. The lowest BCUT2D eigenvalue weighted by molar-refractivity contribution is 0.625. The number of hydrogen-bond donors (Lipinski definition) is 1. The fraction of sp³-hybridized carbons (Fsp3) is 0.188. The van der Waals surface area contributed by atoms with Gasteiger partial charge in [0.25, 0.3) is 0 Å². The molecule has 0 aromatic heterocycles. The summed E-state index contributed by atoms with van der Waals surface area (Å²) in [6.45, 7) is 3.79. The topological polar surface area (TPSA) is 35.8 Å². The molecular formula is C16H15FN2. The van der Waals surface area contributed by atoms with Crippen molar-refractivity contribution in [1.29, 1.82) is 5.26 Å². The highest BCUT2D eigenvalue weighted by atomic mass is 19.1. The first-order valence-corrected chi connectivity index (χ1v) is 6.09. The van der Waals surface area contributed by atoms with Gasteiger partial charge in [0.1, 0.15) is 11.9 Å². The van der Waals surface area contributed by atoms with Gasteiger partial charge in [0.15, 0.2) is 0 Å². The number of anilines is 1. The van der Waals surface area contributed by atoms with E-state index in [9.17, 15) is 9.65 Å². The highest BCUT2D eigenvalue weighted by molar-refractivity contribution is 5.53. The summed E-state index contributed by atoms with van der Waals surface area (Å²) in [5.74, 6) is -0.283. The van der Waals surface area contributed by atoms with Gasteiger partial charge in [-0.3, -0.25) is 0 Å². The van der Waals surface area contributed by atoms with Crippen LogP contribution in [0.4, 0.5) is 10.1 Å². The Morgan fingerprint density at radius 3 is 2.47 bits per heavy atom. The van der Waals surface area contributed by atoms with E-state index in [4.69, 9.17) is 0 Å². The van der Waals surface area contributed by atoms with E-state index in [1.165, 1.54) is 12.1 Å². The van der Waals surface area contributed by atoms with Gasteiger partial charge in [0.2, 0.25) is 0 Å². The minimum absolute atomic E-state index is 0.283. The SMILES string of the molecule is Cc1ccccc1NC(C#N)c1ccc(F)cc1C. The van der Waals surface area contributed by atoms with Gasteiger partial charge in [-0.2, -0.15) is 5.26 Å². The molecule has 3 heteroatoms. The number of nitrogens with zero attached hydrogens (tertiary/aromatic N) is 1. The van der Waals surface area contributed by atoms with E-state index in [1.54, 1.807) is 6.07 Å². The molecule has 2 rings (SSSR count). The number of rotatable bonds is 3. The number of aryl methyl sites for hydroxylation is 2. The molecule has 0 aliphatic heterocycles. The van der Waals surface area contributed by atoms with Crippen molar-refractivity contribution in [2.45, 2.75) is 19.9 Å². The smallest absolute Gasteiger partial charge is 0.140 e. The standard InChI is InChI=1S/C16H15FN2/c1-11-5-3-4-6-15(11)19-16(10-18)14-8-7-13(17)9-12(14)2/h3-9,16,19H,1-2H3. The second-order valence-electron chi connectivity index (χ2n) is 4.52. The van der Waals surface area contributed by atoms with Crippen LogP contribution in [0.1, 0.15) is 22.7 Å². The van der Waals surface area contributed by atoms with Crippen LogP contribution >= 0.6 is 0 Å². The van der Waals surface area contributed by atoms with Crippen LogP contribution in [0.15, 0.2) is 42.5 Å². The van der Waals surface area contributed by atoms with E-state index >= 15 is 0 Å². The molecule has 0 amide bonds. The Balaban J connectivity index is 2.31. The van der Waals surface area contributed by atoms with Crippen LogP contribution in [0.5, 0.6) is 0 Å². The summed E-state index contributed by atoms with van der Waals surface area (Å²) >= 11 is 0. The van der Waals surface area contributed by atoms with Crippen LogP contribution in [0.25, 0.3) is 0 Å². The Morgan fingerprint density at radius 2 is 1.84 bits per heavy atom. The second kappa shape index (κ2) is 5.53. The quantitative estimate of drug-likeness (QED) is 0.894. The van der Waals surface area contributed by atoms with E-state index in [1.807, 2.05) is 38.1 Å². The van der Waals surface area contributed by atoms with E-state index in [-0.39, 0.29) is 5.82 Å². The number of hydrogen-bond acceptors (Lipinski definition) is 2. The molecule has 0 spiro atoms. The molecule has 2 aromatic carbocycles. The maximum atomic E-state index is 13.1. The normalized spacial score (nSPS) is 11.7. The summed E-state index contributed by atoms with van der Waals surface area (Å²) in [7, 11) is 0. The van der Waals surface area contributed by atoms with Crippen molar-refractivity contribution in [2.24, 2.45) is 0 Å². The number of halogens is 1. The van der Waals surface area contributed by atoms with Gasteiger partial charge in [0.05, 0.1) is 6.07 Å². The number of para-hydroxylation sites is 1. The summed E-state index contributed by atoms with van der Waals surface area (Å²) in [5.41, 5.74) is 3.56. The average Bonchev–Trinajstić information content (AvgIpc) is 2.39. The molecule has 0 saturated carbocycles. The first kappa shape index (κ1) is 13.1. The molecule has 0 aliphatic carbocycles. The van der Waals surface area contributed by atoms with Crippen molar-refractivity contribution in [3.05, 3.63) is 65.0 Å². The number of nitriles is 1. The summed E-state index contributed by atoms with van der Waals surface area (Å²) in [6, 6.07) is 14.0. The molecule has 0 aliphatic rings. The van der Waals surface area contributed by atoms with Crippen molar-refractivity contribution < 1.29 is 4.39 Å². The van der Waals surface area contributed by atoms with Crippen LogP contribution in [-0.2, 0) is 0 Å². The fourth-order valence-electron chi connectivity index (χ4n) is 2.03. The lowest BCUT2D eigenvalue weighted by Gasteiger charge is -2.17. The fourth-order valence-corrected chi connectivity index (χ4v) is 2.03. The third-order valence-electron chi connectivity index (χ3n) is 3.12. The first-order chi connectivity index (χ1) is 9.11. The van der Waals surface area contributed by atoms with Crippen LogP contribution in [0.2, 0.25) is 0 Å². The zero-order valence-electron chi connectivity index (χ0n) is 10.9. The first-order valence-electron chi connectivity index (χ1n) is 6.09. The Morgan fingerprint density at radius 1 is 1.11 bits per heavy atom. The van der Waals surface area contributed by atoms with E-state index in [0.29, 0.717) is 0 Å².